The lowest BCUT2D eigenvalue weighted by Gasteiger charge is -2.09. The zero-order valence-electron chi connectivity index (χ0n) is 53.3. The standard InChI is InChI=1S/C12H13N.C11H16.C10H14O.C10H14.C9H12.2C8H11N.C7H10N2/c1-9(2)10-5-6-12-11(8-10)4-3-7-13-12;1-8(2)11-7-9(3)5-6-10(11)4;1-8(2)9-4-6-10(11-3)7-5-9;1-8(2)10-6-4-9(3)5-7-10;1-8(2)9-6-4-3-5-7-9;1-7(2)8-4-3-5-9-6-8;1-7(2)8-5-3-4-6-9-8;1-6(2)7-3-8-5-9-4-7/h3-9H,1-2H3;5-8H,1-4H3;4-8H,1-3H3;4-8H,1-3H3;3-8H,1-2H3;2*3-7H,1-2H3;3-6H,1-2H3. The van der Waals surface area contributed by atoms with Crippen LogP contribution in [0.3, 0.4) is 0 Å². The van der Waals surface area contributed by atoms with Gasteiger partial charge >= 0.3 is 0 Å². The number of aryl methyl sites for hydroxylation is 3. The number of aromatic nitrogens is 5. The van der Waals surface area contributed by atoms with Gasteiger partial charge in [-0.3, -0.25) is 15.0 Å². The maximum absolute atomic E-state index is 5.05. The number of nitrogens with zero attached hydrogens (tertiary/aromatic N) is 5. The predicted molar refractivity (Wildman–Crippen MR) is 351 cm³/mol. The van der Waals surface area contributed by atoms with E-state index in [4.69, 9.17) is 4.74 Å². The first-order chi connectivity index (χ1) is 38.5. The molecule has 5 aromatic carbocycles. The average Bonchev–Trinajstić information content (AvgIpc) is 3.47. The van der Waals surface area contributed by atoms with E-state index in [-0.39, 0.29) is 0 Å². The second-order valence-corrected chi connectivity index (χ2v) is 22.9. The van der Waals surface area contributed by atoms with Crippen LogP contribution in [0.1, 0.15) is 219 Å². The van der Waals surface area contributed by atoms with Crippen molar-refractivity contribution in [2.45, 2.75) is 179 Å². The van der Waals surface area contributed by atoms with Gasteiger partial charge in [0.15, 0.2) is 0 Å². The summed E-state index contributed by atoms with van der Waals surface area (Å²) in [5.41, 5.74) is 15.9. The number of hydrogen-bond donors (Lipinski definition) is 0. The molecule has 0 aliphatic heterocycles. The molecule has 4 aromatic heterocycles. The number of rotatable bonds is 9. The van der Waals surface area contributed by atoms with Crippen LogP contribution in [0.15, 0.2) is 201 Å². The van der Waals surface area contributed by atoms with Gasteiger partial charge in [0, 0.05) is 48.3 Å². The molecule has 4 heterocycles. The van der Waals surface area contributed by atoms with E-state index in [1.807, 2.05) is 79.5 Å². The molecule has 0 bridgehead atoms. The van der Waals surface area contributed by atoms with Gasteiger partial charge in [-0.2, -0.15) is 0 Å². The van der Waals surface area contributed by atoms with Gasteiger partial charge in [0.2, 0.25) is 0 Å². The smallest absolute Gasteiger partial charge is 0.118 e. The number of hydrogen-bond acceptors (Lipinski definition) is 6. The molecule has 6 heteroatoms. The van der Waals surface area contributed by atoms with Crippen molar-refractivity contribution in [3.8, 4) is 5.75 Å². The van der Waals surface area contributed by atoms with Gasteiger partial charge < -0.3 is 4.74 Å². The molecule has 81 heavy (non-hydrogen) atoms. The van der Waals surface area contributed by atoms with E-state index in [9.17, 15) is 0 Å². The van der Waals surface area contributed by atoms with E-state index in [0.29, 0.717) is 47.3 Å². The van der Waals surface area contributed by atoms with E-state index in [0.717, 1.165) is 17.0 Å². The highest BCUT2D eigenvalue weighted by atomic mass is 16.5. The lowest BCUT2D eigenvalue weighted by Crippen LogP contribution is -1.91. The van der Waals surface area contributed by atoms with E-state index in [1.54, 1.807) is 19.6 Å². The SMILES string of the molecule is CC(C)c1ccc2ncccc2c1.CC(C)c1ccccc1.CC(C)c1ccccn1.CC(C)c1cccnc1.CC(C)c1cncnc1.COc1ccc(C(C)C)cc1.Cc1ccc(C(C)C)cc1.Cc1ccc(C)c(C(C)C)c1. The Labute approximate surface area is 492 Å². The predicted octanol–water partition coefficient (Wildman–Crippen LogP) is 21.5. The topological polar surface area (TPSA) is 73.7 Å². The summed E-state index contributed by atoms with van der Waals surface area (Å²) in [5.74, 6) is 5.75. The van der Waals surface area contributed by atoms with Crippen molar-refractivity contribution >= 4 is 10.9 Å². The van der Waals surface area contributed by atoms with Crippen LogP contribution in [0.5, 0.6) is 5.75 Å². The first-order valence-electron chi connectivity index (χ1n) is 29.3. The summed E-state index contributed by atoms with van der Waals surface area (Å²) in [6.45, 7) is 41.4. The molecular weight excluding hydrogens is 987 g/mol. The fraction of sp³-hybridized carbons (Fsp3) is 0.373. The third-order valence-electron chi connectivity index (χ3n) is 13.2. The van der Waals surface area contributed by atoms with Crippen molar-refractivity contribution in [2.24, 2.45) is 0 Å². The molecule has 9 rings (SSSR count). The number of ether oxygens (including phenoxy) is 1. The maximum Gasteiger partial charge on any atom is 0.118 e. The normalized spacial score (nSPS) is 10.4. The van der Waals surface area contributed by atoms with Crippen molar-refractivity contribution in [2.75, 3.05) is 7.11 Å². The minimum absolute atomic E-state index is 0.534. The van der Waals surface area contributed by atoms with Crippen LogP contribution in [0.25, 0.3) is 10.9 Å². The molecule has 432 valence electrons. The third-order valence-corrected chi connectivity index (χ3v) is 13.2. The second-order valence-electron chi connectivity index (χ2n) is 22.9. The summed E-state index contributed by atoms with van der Waals surface area (Å²) in [5, 5.41) is 1.23. The zero-order valence-corrected chi connectivity index (χ0v) is 53.3. The minimum atomic E-state index is 0.534. The summed E-state index contributed by atoms with van der Waals surface area (Å²) < 4.78 is 5.05. The molecule has 0 unspecified atom stereocenters. The van der Waals surface area contributed by atoms with Crippen molar-refractivity contribution < 1.29 is 4.74 Å². The molecule has 0 spiro atoms. The Balaban J connectivity index is 0.000000317. The van der Waals surface area contributed by atoms with Crippen molar-refractivity contribution in [3.63, 3.8) is 0 Å². The zero-order chi connectivity index (χ0) is 60.3. The van der Waals surface area contributed by atoms with Gasteiger partial charge in [-0.25, -0.2) is 9.97 Å². The van der Waals surface area contributed by atoms with Gasteiger partial charge in [0.05, 0.1) is 12.6 Å². The van der Waals surface area contributed by atoms with Crippen LogP contribution in [0, 0.1) is 20.8 Å². The first kappa shape index (κ1) is 69.8. The number of benzene rings is 5. The van der Waals surface area contributed by atoms with Crippen LogP contribution >= 0.6 is 0 Å². The fourth-order valence-electron chi connectivity index (χ4n) is 7.66. The third kappa shape index (κ3) is 29.1. The van der Waals surface area contributed by atoms with Crippen LogP contribution in [-0.2, 0) is 0 Å². The molecule has 6 nitrogen and oxygen atoms in total. The Morgan fingerprint density at radius 1 is 0.333 bits per heavy atom. The molecule has 0 saturated carbocycles. The molecule has 0 fully saturated rings. The van der Waals surface area contributed by atoms with Crippen molar-refractivity contribution in [3.05, 3.63) is 263 Å². The van der Waals surface area contributed by atoms with Gasteiger partial charge in [-0.15, -0.1) is 0 Å². The monoisotopic (exact) mass is 1090 g/mol. The summed E-state index contributed by atoms with van der Waals surface area (Å²) in [4.78, 5) is 20.3. The highest BCUT2D eigenvalue weighted by Crippen LogP contribution is 2.22. The molecule has 0 aliphatic carbocycles. The Morgan fingerprint density at radius 3 is 1.22 bits per heavy atom. The van der Waals surface area contributed by atoms with E-state index >= 15 is 0 Å². The van der Waals surface area contributed by atoms with E-state index < -0.39 is 0 Å². The summed E-state index contributed by atoms with van der Waals surface area (Å²) in [6.07, 6.45) is 12.6. The average molecular weight is 1090 g/mol. The largest absolute Gasteiger partial charge is 0.497 e. The first-order valence-corrected chi connectivity index (χ1v) is 29.3. The molecule has 0 aliphatic rings. The van der Waals surface area contributed by atoms with E-state index in [1.165, 1.54) is 61.0 Å². The van der Waals surface area contributed by atoms with Gasteiger partial charge in [-0.05, 0) is 161 Å². The highest BCUT2D eigenvalue weighted by Gasteiger charge is 2.04. The highest BCUT2D eigenvalue weighted by molar-refractivity contribution is 5.79. The molecule has 0 radical (unpaired) electrons. The second kappa shape index (κ2) is 39.1. The Kier molecular flexibility index (Phi) is 33.7. The Bertz CT molecular complexity index is 2800. The maximum atomic E-state index is 5.05. The van der Waals surface area contributed by atoms with E-state index in [2.05, 4.69) is 266 Å². The van der Waals surface area contributed by atoms with Crippen molar-refractivity contribution in [1.29, 1.82) is 0 Å². The van der Waals surface area contributed by atoms with Crippen LogP contribution < -0.4 is 4.74 Å². The Hall–Kier alpha value is -7.31. The summed E-state index contributed by atoms with van der Waals surface area (Å²) in [6, 6.07) is 54.7. The van der Waals surface area contributed by atoms with Crippen LogP contribution in [-0.4, -0.2) is 32.0 Å². The summed E-state index contributed by atoms with van der Waals surface area (Å²) >= 11 is 0. The number of fused-ring (bicyclic) bond motifs is 1. The van der Waals surface area contributed by atoms with Crippen molar-refractivity contribution in [1.82, 2.24) is 24.9 Å². The van der Waals surface area contributed by atoms with Gasteiger partial charge in [0.25, 0.3) is 0 Å². The lowest BCUT2D eigenvalue weighted by molar-refractivity contribution is 0.414. The lowest BCUT2D eigenvalue weighted by atomic mass is 9.96. The quantitative estimate of drug-likeness (QED) is 0.143. The molecular formula is C75H101N5O. The van der Waals surface area contributed by atoms with Gasteiger partial charge in [-0.1, -0.05) is 231 Å². The molecule has 0 atom stereocenters. The van der Waals surface area contributed by atoms with Gasteiger partial charge in [0.1, 0.15) is 12.1 Å². The number of methoxy groups -OCH3 is 1. The minimum Gasteiger partial charge on any atom is -0.497 e. The molecule has 0 amide bonds. The summed E-state index contributed by atoms with van der Waals surface area (Å²) in [7, 11) is 1.68. The number of pyridine rings is 3. The molecule has 0 saturated heterocycles. The molecule has 9 aromatic rings. The van der Waals surface area contributed by atoms with Crippen LogP contribution in [0.2, 0.25) is 0 Å². The van der Waals surface area contributed by atoms with Crippen LogP contribution in [0.4, 0.5) is 0 Å². The molecule has 0 N–H and O–H groups in total. The Morgan fingerprint density at radius 2 is 0.802 bits per heavy atom. The fourth-order valence-corrected chi connectivity index (χ4v) is 7.66.